The number of hydrogen-bond acceptors (Lipinski definition) is 2. The van der Waals surface area contributed by atoms with Gasteiger partial charge in [-0.15, -0.1) is 0 Å². The molecule has 1 heterocycles. The molecule has 0 bridgehead atoms. The molecule has 4 nitrogen and oxygen atoms in total. The van der Waals surface area contributed by atoms with Crippen LogP contribution in [-0.4, -0.2) is 31.3 Å². The molecule has 0 aromatic rings. The minimum Gasteiger partial charge on any atom is -0.378 e. The summed E-state index contributed by atoms with van der Waals surface area (Å²) in [7, 11) is 0. The van der Waals surface area contributed by atoms with Crippen LogP contribution in [0.5, 0.6) is 0 Å². The molecular formula is C13H22N2O2. The van der Waals surface area contributed by atoms with Crippen LogP contribution < -0.4 is 10.6 Å². The molecule has 1 saturated heterocycles. The Morgan fingerprint density at radius 2 is 2.12 bits per heavy atom. The van der Waals surface area contributed by atoms with Crippen LogP contribution in [0.1, 0.15) is 38.5 Å². The predicted octanol–water partition coefficient (Wildman–Crippen LogP) is 1.96. The minimum atomic E-state index is -0.0468. The van der Waals surface area contributed by atoms with Crippen molar-refractivity contribution in [1.82, 2.24) is 10.6 Å². The maximum Gasteiger partial charge on any atom is 0.315 e. The Bertz CT molecular complexity index is 265. The number of ether oxygens (including phenoxy) is 1. The number of rotatable bonds is 4. The average Bonchev–Trinajstić information content (AvgIpc) is 2.83. The molecule has 0 saturated carbocycles. The first-order chi connectivity index (χ1) is 8.34. The van der Waals surface area contributed by atoms with E-state index in [1.807, 2.05) is 0 Å². The zero-order valence-electron chi connectivity index (χ0n) is 10.3. The molecule has 2 aliphatic rings. The van der Waals surface area contributed by atoms with Crippen LogP contribution in [-0.2, 0) is 4.74 Å². The van der Waals surface area contributed by atoms with Gasteiger partial charge in [0.25, 0.3) is 0 Å². The van der Waals surface area contributed by atoms with Gasteiger partial charge < -0.3 is 15.4 Å². The van der Waals surface area contributed by atoms with Crippen LogP contribution in [0.3, 0.4) is 0 Å². The summed E-state index contributed by atoms with van der Waals surface area (Å²) < 4.78 is 5.61. The van der Waals surface area contributed by atoms with Gasteiger partial charge in [-0.2, -0.15) is 0 Å². The summed E-state index contributed by atoms with van der Waals surface area (Å²) in [5.74, 6) is 0. The summed E-state index contributed by atoms with van der Waals surface area (Å²) in [4.78, 5) is 11.5. The van der Waals surface area contributed by atoms with Crippen LogP contribution in [0, 0.1) is 0 Å². The van der Waals surface area contributed by atoms with Gasteiger partial charge in [0.15, 0.2) is 0 Å². The molecule has 0 spiro atoms. The summed E-state index contributed by atoms with van der Waals surface area (Å²) in [6.45, 7) is 1.58. The van der Waals surface area contributed by atoms with Crippen molar-refractivity contribution < 1.29 is 9.53 Å². The Balaban J connectivity index is 1.53. The fourth-order valence-corrected chi connectivity index (χ4v) is 2.35. The van der Waals surface area contributed by atoms with Crippen LogP contribution in [0.2, 0.25) is 0 Å². The third kappa shape index (κ3) is 4.38. The second kappa shape index (κ2) is 6.64. The van der Waals surface area contributed by atoms with E-state index in [0.29, 0.717) is 18.7 Å². The highest BCUT2D eigenvalue weighted by atomic mass is 16.5. The fourth-order valence-electron chi connectivity index (χ4n) is 2.35. The van der Waals surface area contributed by atoms with Crippen molar-refractivity contribution in [1.29, 1.82) is 0 Å². The van der Waals surface area contributed by atoms with Crippen molar-refractivity contribution >= 4 is 6.03 Å². The molecule has 2 amide bonds. The molecule has 0 aromatic carbocycles. The quantitative estimate of drug-likeness (QED) is 0.736. The number of nitrogens with one attached hydrogen (secondary N) is 2. The Hall–Kier alpha value is -1.03. The number of carbonyl (C=O) groups is 1. The smallest absolute Gasteiger partial charge is 0.315 e. The van der Waals surface area contributed by atoms with Gasteiger partial charge in [0.1, 0.15) is 0 Å². The maximum absolute atomic E-state index is 11.5. The SMILES string of the molecule is O=C(NCC[C@H]1CCCCO1)NC1CC=CC1. The molecule has 1 atom stereocenters. The second-order valence-electron chi connectivity index (χ2n) is 4.82. The van der Waals surface area contributed by atoms with Gasteiger partial charge in [-0.1, -0.05) is 12.2 Å². The Kier molecular flexibility index (Phi) is 4.86. The van der Waals surface area contributed by atoms with Gasteiger partial charge in [0.05, 0.1) is 6.10 Å². The van der Waals surface area contributed by atoms with Crippen LogP contribution in [0.25, 0.3) is 0 Å². The Morgan fingerprint density at radius 3 is 2.82 bits per heavy atom. The molecule has 1 fully saturated rings. The van der Waals surface area contributed by atoms with Gasteiger partial charge in [-0.05, 0) is 38.5 Å². The Morgan fingerprint density at radius 1 is 1.29 bits per heavy atom. The first-order valence-corrected chi connectivity index (χ1v) is 6.65. The predicted molar refractivity (Wildman–Crippen MR) is 66.9 cm³/mol. The molecular weight excluding hydrogens is 216 g/mol. The largest absolute Gasteiger partial charge is 0.378 e. The second-order valence-corrected chi connectivity index (χ2v) is 4.82. The summed E-state index contributed by atoms with van der Waals surface area (Å²) in [5.41, 5.74) is 0. The fraction of sp³-hybridized carbons (Fsp3) is 0.769. The molecule has 1 aliphatic carbocycles. The molecule has 1 aliphatic heterocycles. The summed E-state index contributed by atoms with van der Waals surface area (Å²) >= 11 is 0. The van der Waals surface area contributed by atoms with E-state index >= 15 is 0 Å². The molecule has 0 radical (unpaired) electrons. The summed E-state index contributed by atoms with van der Waals surface area (Å²) in [6, 6.07) is 0.246. The summed E-state index contributed by atoms with van der Waals surface area (Å²) in [6.07, 6.45) is 11.0. The highest BCUT2D eigenvalue weighted by Crippen LogP contribution is 2.14. The van der Waals surface area contributed by atoms with Crippen molar-refractivity contribution in [3.8, 4) is 0 Å². The zero-order chi connectivity index (χ0) is 11.9. The Labute approximate surface area is 103 Å². The molecule has 17 heavy (non-hydrogen) atoms. The minimum absolute atomic E-state index is 0.0468. The molecule has 2 N–H and O–H groups in total. The van der Waals surface area contributed by atoms with Crippen LogP contribution >= 0.6 is 0 Å². The molecule has 96 valence electrons. The van der Waals surface area contributed by atoms with Crippen LogP contribution in [0.15, 0.2) is 12.2 Å². The summed E-state index contributed by atoms with van der Waals surface area (Å²) in [5, 5.41) is 5.86. The average molecular weight is 238 g/mol. The van der Waals surface area contributed by atoms with Crippen molar-refractivity contribution in [3.05, 3.63) is 12.2 Å². The van der Waals surface area contributed by atoms with E-state index in [4.69, 9.17) is 4.74 Å². The van der Waals surface area contributed by atoms with E-state index in [2.05, 4.69) is 22.8 Å². The van der Waals surface area contributed by atoms with Gasteiger partial charge >= 0.3 is 6.03 Å². The highest BCUT2D eigenvalue weighted by Gasteiger charge is 2.15. The molecule has 0 aromatic heterocycles. The van der Waals surface area contributed by atoms with E-state index in [1.54, 1.807) is 0 Å². The van der Waals surface area contributed by atoms with Crippen molar-refractivity contribution in [2.45, 2.75) is 50.7 Å². The number of urea groups is 1. The van der Waals surface area contributed by atoms with Crippen LogP contribution in [0.4, 0.5) is 4.79 Å². The third-order valence-electron chi connectivity index (χ3n) is 3.37. The van der Waals surface area contributed by atoms with E-state index < -0.39 is 0 Å². The normalized spacial score (nSPS) is 24.8. The van der Waals surface area contributed by atoms with Crippen molar-refractivity contribution in [3.63, 3.8) is 0 Å². The topological polar surface area (TPSA) is 50.4 Å². The first kappa shape index (κ1) is 12.4. The van der Waals surface area contributed by atoms with Gasteiger partial charge in [-0.25, -0.2) is 4.79 Å². The number of carbonyl (C=O) groups excluding carboxylic acids is 1. The number of amides is 2. The highest BCUT2D eigenvalue weighted by molar-refractivity contribution is 5.74. The molecule has 4 heteroatoms. The van der Waals surface area contributed by atoms with E-state index in [9.17, 15) is 4.79 Å². The first-order valence-electron chi connectivity index (χ1n) is 6.65. The van der Waals surface area contributed by atoms with E-state index in [1.165, 1.54) is 12.8 Å². The van der Waals surface area contributed by atoms with Crippen molar-refractivity contribution in [2.75, 3.05) is 13.2 Å². The maximum atomic E-state index is 11.5. The monoisotopic (exact) mass is 238 g/mol. The van der Waals surface area contributed by atoms with Gasteiger partial charge in [0, 0.05) is 19.2 Å². The lowest BCUT2D eigenvalue weighted by atomic mass is 10.1. The van der Waals surface area contributed by atoms with Gasteiger partial charge in [0.2, 0.25) is 0 Å². The van der Waals surface area contributed by atoms with E-state index in [-0.39, 0.29) is 6.03 Å². The lowest BCUT2D eigenvalue weighted by Crippen LogP contribution is -2.42. The molecule has 2 rings (SSSR count). The van der Waals surface area contributed by atoms with Crippen molar-refractivity contribution in [2.24, 2.45) is 0 Å². The van der Waals surface area contributed by atoms with Gasteiger partial charge in [-0.3, -0.25) is 0 Å². The van der Waals surface area contributed by atoms with E-state index in [0.717, 1.165) is 32.3 Å². The standard InChI is InChI=1S/C13H22N2O2/c16-13(15-11-5-1-2-6-11)14-9-8-12-7-3-4-10-17-12/h1-2,11-12H,3-10H2,(H2,14,15,16)/t12-/m1/s1. The third-order valence-corrected chi connectivity index (χ3v) is 3.37. The zero-order valence-corrected chi connectivity index (χ0v) is 10.3. The number of hydrogen-bond donors (Lipinski definition) is 2. The lowest BCUT2D eigenvalue weighted by molar-refractivity contribution is 0.0120. The lowest BCUT2D eigenvalue weighted by Gasteiger charge is -2.22. The molecule has 0 unspecified atom stereocenters.